The minimum Gasteiger partial charge on any atom is -0.375 e. The molecule has 0 aliphatic heterocycles. The predicted molar refractivity (Wildman–Crippen MR) is 75.5 cm³/mol. The number of amides is 2. The van der Waals surface area contributed by atoms with Crippen molar-refractivity contribution in [3.63, 3.8) is 0 Å². The zero-order chi connectivity index (χ0) is 14.8. The summed E-state index contributed by atoms with van der Waals surface area (Å²) < 4.78 is 9.72. The Hall–Kier alpha value is -1.96. The quantitative estimate of drug-likeness (QED) is 0.590. The van der Waals surface area contributed by atoms with Crippen LogP contribution in [0.15, 0.2) is 24.3 Å². The number of carbonyl (C=O) groups excluding carboxylic acids is 2. The van der Waals surface area contributed by atoms with Crippen molar-refractivity contribution < 1.29 is 19.1 Å². The molecule has 0 heterocycles. The number of anilines is 2. The maximum Gasteiger partial charge on any atom is 0.250 e. The zero-order valence-electron chi connectivity index (χ0n) is 11.3. The molecule has 7 nitrogen and oxygen atoms in total. The van der Waals surface area contributed by atoms with Gasteiger partial charge in [0.2, 0.25) is 11.8 Å². The molecule has 4 N–H and O–H groups in total. The molecule has 7 heteroatoms. The molecule has 0 aliphatic carbocycles. The van der Waals surface area contributed by atoms with E-state index in [1.807, 2.05) is 0 Å². The maximum atomic E-state index is 11.5. The normalized spacial score (nSPS) is 10.1. The highest BCUT2D eigenvalue weighted by atomic mass is 16.5. The first-order valence-corrected chi connectivity index (χ1v) is 6.12. The van der Waals surface area contributed by atoms with Crippen molar-refractivity contribution in [3.05, 3.63) is 24.3 Å². The van der Waals surface area contributed by atoms with Crippen LogP contribution in [-0.4, -0.2) is 45.3 Å². The number of nitrogens with one attached hydrogen (secondary N) is 2. The van der Waals surface area contributed by atoms with Crippen LogP contribution in [0.4, 0.5) is 11.4 Å². The van der Waals surface area contributed by atoms with Gasteiger partial charge in [0.25, 0.3) is 0 Å². The molecular formula is C13H19N3O4. The first kappa shape index (κ1) is 16.1. The first-order chi connectivity index (χ1) is 9.65. The van der Waals surface area contributed by atoms with Crippen molar-refractivity contribution in [2.45, 2.75) is 0 Å². The van der Waals surface area contributed by atoms with Gasteiger partial charge in [0.1, 0.15) is 13.2 Å². The molecule has 0 unspecified atom stereocenters. The molecule has 0 bridgehead atoms. The van der Waals surface area contributed by atoms with Crippen molar-refractivity contribution in [1.82, 2.24) is 0 Å². The summed E-state index contributed by atoms with van der Waals surface area (Å²) in [6.07, 6.45) is 0. The first-order valence-electron chi connectivity index (χ1n) is 6.12. The number of hydrogen-bond acceptors (Lipinski definition) is 5. The third-order valence-corrected chi connectivity index (χ3v) is 2.22. The Morgan fingerprint density at radius 1 is 1.05 bits per heavy atom. The van der Waals surface area contributed by atoms with E-state index < -0.39 is 0 Å². The average molecular weight is 281 g/mol. The number of ether oxygens (including phenoxy) is 2. The fraction of sp³-hybridized carbons (Fsp3) is 0.385. The van der Waals surface area contributed by atoms with Gasteiger partial charge >= 0.3 is 0 Å². The Kier molecular flexibility index (Phi) is 7.26. The highest BCUT2D eigenvalue weighted by Crippen LogP contribution is 2.13. The molecule has 2 amide bonds. The molecule has 110 valence electrons. The van der Waals surface area contributed by atoms with E-state index in [0.29, 0.717) is 24.5 Å². The van der Waals surface area contributed by atoms with Gasteiger partial charge in [-0.2, -0.15) is 0 Å². The van der Waals surface area contributed by atoms with Crippen LogP contribution in [0.5, 0.6) is 0 Å². The fourth-order valence-electron chi connectivity index (χ4n) is 1.41. The van der Waals surface area contributed by atoms with Gasteiger partial charge in [0.05, 0.1) is 6.61 Å². The summed E-state index contributed by atoms with van der Waals surface area (Å²) in [5, 5.41) is 5.31. The molecule has 1 aromatic rings. The smallest absolute Gasteiger partial charge is 0.250 e. The number of methoxy groups -OCH3 is 1. The largest absolute Gasteiger partial charge is 0.375 e. The Bertz CT molecular complexity index is 434. The molecule has 0 aromatic heterocycles. The summed E-state index contributed by atoms with van der Waals surface area (Å²) in [4.78, 5) is 22.8. The van der Waals surface area contributed by atoms with E-state index >= 15 is 0 Å². The lowest BCUT2D eigenvalue weighted by Gasteiger charge is -2.08. The van der Waals surface area contributed by atoms with Gasteiger partial charge in [-0.3, -0.25) is 9.59 Å². The van der Waals surface area contributed by atoms with Crippen molar-refractivity contribution in [3.8, 4) is 0 Å². The molecule has 1 rings (SSSR count). The van der Waals surface area contributed by atoms with E-state index in [1.54, 1.807) is 24.3 Å². The van der Waals surface area contributed by atoms with Crippen LogP contribution in [0, 0.1) is 0 Å². The number of hydrogen-bond donors (Lipinski definition) is 3. The standard InChI is InChI=1S/C13H19N3O4/c1-19-8-12(17)15-10-2-4-11(5-3-10)16-13(18)9-20-7-6-14/h2-5H,6-9,14H2,1H3,(H,15,17)(H,16,18). The second-order valence-corrected chi connectivity index (χ2v) is 3.95. The fourth-order valence-corrected chi connectivity index (χ4v) is 1.41. The summed E-state index contributed by atoms with van der Waals surface area (Å²) in [7, 11) is 1.45. The highest BCUT2D eigenvalue weighted by Gasteiger charge is 2.04. The lowest BCUT2D eigenvalue weighted by molar-refractivity contribution is -0.120. The van der Waals surface area contributed by atoms with E-state index in [4.69, 9.17) is 15.2 Å². The minimum atomic E-state index is -0.255. The SMILES string of the molecule is COCC(=O)Nc1ccc(NC(=O)COCCN)cc1. The van der Waals surface area contributed by atoms with Gasteiger partial charge in [-0.25, -0.2) is 0 Å². The number of carbonyl (C=O) groups is 2. The summed E-state index contributed by atoms with van der Waals surface area (Å²) >= 11 is 0. The lowest BCUT2D eigenvalue weighted by atomic mass is 10.2. The molecule has 0 radical (unpaired) electrons. The number of benzene rings is 1. The minimum absolute atomic E-state index is 0.00301. The molecule has 0 saturated heterocycles. The topological polar surface area (TPSA) is 103 Å². The van der Waals surface area contributed by atoms with Crippen LogP contribution in [0.3, 0.4) is 0 Å². The molecule has 20 heavy (non-hydrogen) atoms. The third kappa shape index (κ3) is 6.28. The van der Waals surface area contributed by atoms with Crippen LogP contribution in [-0.2, 0) is 19.1 Å². The van der Waals surface area contributed by atoms with Gasteiger partial charge in [-0.1, -0.05) is 0 Å². The Balaban J connectivity index is 2.42. The molecule has 0 atom stereocenters. The van der Waals surface area contributed by atoms with Crippen LogP contribution in [0.1, 0.15) is 0 Å². The van der Waals surface area contributed by atoms with Crippen LogP contribution >= 0.6 is 0 Å². The monoisotopic (exact) mass is 281 g/mol. The van der Waals surface area contributed by atoms with Crippen LogP contribution in [0.2, 0.25) is 0 Å². The summed E-state index contributed by atoms with van der Waals surface area (Å²) in [6, 6.07) is 6.74. The van der Waals surface area contributed by atoms with E-state index in [2.05, 4.69) is 10.6 Å². The van der Waals surface area contributed by atoms with Gasteiger partial charge in [0.15, 0.2) is 0 Å². The number of nitrogens with two attached hydrogens (primary N) is 1. The van der Waals surface area contributed by atoms with Crippen LogP contribution in [0.25, 0.3) is 0 Å². The molecule has 0 saturated carbocycles. The zero-order valence-corrected chi connectivity index (χ0v) is 11.3. The van der Waals surface area contributed by atoms with E-state index in [0.717, 1.165) is 0 Å². The molecular weight excluding hydrogens is 262 g/mol. The summed E-state index contributed by atoms with van der Waals surface area (Å²) in [5.74, 6) is -0.492. The van der Waals surface area contributed by atoms with Crippen molar-refractivity contribution in [1.29, 1.82) is 0 Å². The van der Waals surface area contributed by atoms with Crippen molar-refractivity contribution in [2.75, 3.05) is 44.1 Å². The van der Waals surface area contributed by atoms with E-state index in [1.165, 1.54) is 7.11 Å². The third-order valence-electron chi connectivity index (χ3n) is 2.22. The Morgan fingerprint density at radius 2 is 1.55 bits per heavy atom. The van der Waals surface area contributed by atoms with Crippen molar-refractivity contribution >= 4 is 23.2 Å². The predicted octanol–water partition coefficient (Wildman–Crippen LogP) is 0.185. The molecule has 1 aromatic carbocycles. The van der Waals surface area contributed by atoms with E-state index in [9.17, 15) is 9.59 Å². The van der Waals surface area contributed by atoms with E-state index in [-0.39, 0.29) is 25.0 Å². The van der Waals surface area contributed by atoms with Crippen molar-refractivity contribution in [2.24, 2.45) is 5.73 Å². The average Bonchev–Trinajstić information content (AvgIpc) is 2.41. The maximum absolute atomic E-state index is 11.5. The van der Waals surface area contributed by atoms with Gasteiger partial charge < -0.3 is 25.8 Å². The number of rotatable bonds is 8. The van der Waals surface area contributed by atoms with Gasteiger partial charge in [-0.15, -0.1) is 0 Å². The lowest BCUT2D eigenvalue weighted by Crippen LogP contribution is -2.20. The second-order valence-electron chi connectivity index (χ2n) is 3.95. The molecule has 0 fully saturated rings. The van der Waals surface area contributed by atoms with Crippen LogP contribution < -0.4 is 16.4 Å². The summed E-state index contributed by atoms with van der Waals surface area (Å²) in [5.41, 5.74) is 6.50. The Morgan fingerprint density at radius 3 is 2.00 bits per heavy atom. The van der Waals surface area contributed by atoms with Gasteiger partial charge in [0, 0.05) is 25.0 Å². The molecule has 0 aliphatic rings. The highest BCUT2D eigenvalue weighted by molar-refractivity contribution is 5.93. The van der Waals surface area contributed by atoms with Gasteiger partial charge in [-0.05, 0) is 24.3 Å². The molecule has 0 spiro atoms. The summed E-state index contributed by atoms with van der Waals surface area (Å²) in [6.45, 7) is 0.682. The second kappa shape index (κ2) is 9.03. The Labute approximate surface area is 117 Å².